The average molecular weight is 249 g/mol. The summed E-state index contributed by atoms with van der Waals surface area (Å²) in [5.74, 6) is 0. The lowest BCUT2D eigenvalue weighted by molar-refractivity contribution is 0.0532. The van der Waals surface area contributed by atoms with Crippen LogP contribution in [0.1, 0.15) is 32.0 Å². The normalized spacial score (nSPS) is 21.9. The standard InChI is InChI=1S/C14H23N3O/c1-4-13(15-3)14-6-5-12(9-16-14)17-7-8-18-11(2)10-17/h5-6,9,11,13,15H,4,7-8,10H2,1-3H3. The molecule has 0 radical (unpaired) electrons. The van der Waals surface area contributed by atoms with Gasteiger partial charge in [0.25, 0.3) is 0 Å². The Morgan fingerprint density at radius 2 is 2.39 bits per heavy atom. The Morgan fingerprint density at radius 1 is 1.56 bits per heavy atom. The summed E-state index contributed by atoms with van der Waals surface area (Å²) in [5, 5.41) is 3.28. The summed E-state index contributed by atoms with van der Waals surface area (Å²) in [6.45, 7) is 6.98. The maximum atomic E-state index is 5.55. The van der Waals surface area contributed by atoms with E-state index in [0.717, 1.165) is 31.8 Å². The van der Waals surface area contributed by atoms with E-state index >= 15 is 0 Å². The molecule has 1 N–H and O–H groups in total. The number of ether oxygens (including phenoxy) is 1. The van der Waals surface area contributed by atoms with Gasteiger partial charge < -0.3 is 15.0 Å². The highest BCUT2D eigenvalue weighted by atomic mass is 16.5. The van der Waals surface area contributed by atoms with Crippen molar-refractivity contribution in [1.82, 2.24) is 10.3 Å². The summed E-state index contributed by atoms with van der Waals surface area (Å²) >= 11 is 0. The van der Waals surface area contributed by atoms with Crippen LogP contribution in [0.5, 0.6) is 0 Å². The third kappa shape index (κ3) is 3.00. The second-order valence-electron chi connectivity index (χ2n) is 4.82. The van der Waals surface area contributed by atoms with E-state index in [-0.39, 0.29) is 0 Å². The van der Waals surface area contributed by atoms with Gasteiger partial charge in [-0.3, -0.25) is 4.98 Å². The van der Waals surface area contributed by atoms with Crippen molar-refractivity contribution in [1.29, 1.82) is 0 Å². The molecule has 18 heavy (non-hydrogen) atoms. The van der Waals surface area contributed by atoms with Crippen molar-refractivity contribution >= 4 is 5.69 Å². The predicted molar refractivity (Wildman–Crippen MR) is 74.0 cm³/mol. The Hall–Kier alpha value is -1.13. The lowest BCUT2D eigenvalue weighted by Gasteiger charge is -2.32. The van der Waals surface area contributed by atoms with Gasteiger partial charge in [-0.25, -0.2) is 0 Å². The van der Waals surface area contributed by atoms with Gasteiger partial charge in [-0.15, -0.1) is 0 Å². The van der Waals surface area contributed by atoms with Gasteiger partial charge in [-0.05, 0) is 32.5 Å². The predicted octanol–water partition coefficient (Wildman–Crippen LogP) is 1.98. The molecule has 0 spiro atoms. The molecule has 1 aliphatic rings. The molecule has 0 aromatic carbocycles. The van der Waals surface area contributed by atoms with E-state index in [2.05, 4.69) is 41.2 Å². The molecule has 4 nitrogen and oxygen atoms in total. The van der Waals surface area contributed by atoms with Crippen LogP contribution in [0.15, 0.2) is 18.3 Å². The summed E-state index contributed by atoms with van der Waals surface area (Å²) in [4.78, 5) is 6.91. The monoisotopic (exact) mass is 249 g/mol. The zero-order valence-electron chi connectivity index (χ0n) is 11.5. The maximum absolute atomic E-state index is 5.55. The third-order valence-corrected chi connectivity index (χ3v) is 3.49. The van der Waals surface area contributed by atoms with E-state index in [1.165, 1.54) is 5.69 Å². The Labute approximate surface area is 109 Å². The molecule has 1 aromatic heterocycles. The van der Waals surface area contributed by atoms with Gasteiger partial charge in [0.1, 0.15) is 0 Å². The molecule has 0 bridgehead atoms. The topological polar surface area (TPSA) is 37.4 Å². The maximum Gasteiger partial charge on any atom is 0.0722 e. The van der Waals surface area contributed by atoms with Crippen LogP contribution in [0, 0.1) is 0 Å². The molecule has 1 aromatic rings. The first kappa shape index (κ1) is 13.3. The lowest BCUT2D eigenvalue weighted by Crippen LogP contribution is -2.41. The number of anilines is 1. The van der Waals surface area contributed by atoms with E-state index in [1.54, 1.807) is 0 Å². The molecule has 2 heterocycles. The molecule has 0 aliphatic carbocycles. The minimum atomic E-state index is 0.305. The fourth-order valence-corrected chi connectivity index (χ4v) is 2.40. The van der Waals surface area contributed by atoms with E-state index in [9.17, 15) is 0 Å². The summed E-state index contributed by atoms with van der Waals surface area (Å²) < 4.78 is 5.55. The van der Waals surface area contributed by atoms with Gasteiger partial charge in [0.2, 0.25) is 0 Å². The second kappa shape index (κ2) is 6.16. The van der Waals surface area contributed by atoms with Crippen LogP contribution >= 0.6 is 0 Å². The summed E-state index contributed by atoms with van der Waals surface area (Å²) in [6, 6.07) is 4.64. The Balaban J connectivity index is 2.07. The third-order valence-electron chi connectivity index (χ3n) is 3.49. The number of hydrogen-bond donors (Lipinski definition) is 1. The Bertz CT molecular complexity index is 362. The van der Waals surface area contributed by atoms with Gasteiger partial charge in [-0.1, -0.05) is 6.92 Å². The van der Waals surface area contributed by atoms with Gasteiger partial charge >= 0.3 is 0 Å². The molecule has 1 aliphatic heterocycles. The molecule has 0 amide bonds. The summed E-state index contributed by atoms with van der Waals surface area (Å²) in [7, 11) is 1.98. The number of morpholine rings is 1. The van der Waals surface area contributed by atoms with Gasteiger partial charge in [0.05, 0.1) is 30.3 Å². The minimum Gasteiger partial charge on any atom is -0.375 e. The lowest BCUT2D eigenvalue weighted by atomic mass is 10.1. The number of nitrogens with one attached hydrogen (secondary N) is 1. The zero-order valence-corrected chi connectivity index (χ0v) is 11.5. The fraction of sp³-hybridized carbons (Fsp3) is 0.643. The van der Waals surface area contributed by atoms with Gasteiger partial charge in [0, 0.05) is 19.1 Å². The average Bonchev–Trinajstić information content (AvgIpc) is 2.41. The van der Waals surface area contributed by atoms with Crippen molar-refractivity contribution in [2.45, 2.75) is 32.4 Å². The highest BCUT2D eigenvalue weighted by Crippen LogP contribution is 2.20. The summed E-state index contributed by atoms with van der Waals surface area (Å²) in [6.07, 6.45) is 3.34. The SMILES string of the molecule is CCC(NC)c1ccc(N2CCOC(C)C2)cn1. The van der Waals surface area contributed by atoms with Crippen LogP contribution in [-0.2, 0) is 4.74 Å². The minimum absolute atomic E-state index is 0.305. The molecule has 100 valence electrons. The molecule has 1 fully saturated rings. The van der Waals surface area contributed by atoms with E-state index < -0.39 is 0 Å². The van der Waals surface area contributed by atoms with Crippen LogP contribution in [-0.4, -0.2) is 37.8 Å². The number of aromatic nitrogens is 1. The zero-order chi connectivity index (χ0) is 13.0. The highest BCUT2D eigenvalue weighted by molar-refractivity contribution is 5.45. The van der Waals surface area contributed by atoms with Crippen molar-refractivity contribution in [3.63, 3.8) is 0 Å². The first-order valence-electron chi connectivity index (χ1n) is 6.74. The van der Waals surface area contributed by atoms with Crippen LogP contribution in [0.2, 0.25) is 0 Å². The first-order chi connectivity index (χ1) is 8.74. The molecular weight excluding hydrogens is 226 g/mol. The molecule has 0 saturated carbocycles. The molecule has 1 saturated heterocycles. The number of pyridine rings is 1. The van der Waals surface area contributed by atoms with Gasteiger partial charge in [0.15, 0.2) is 0 Å². The Morgan fingerprint density at radius 3 is 2.94 bits per heavy atom. The first-order valence-corrected chi connectivity index (χ1v) is 6.74. The van der Waals surface area contributed by atoms with E-state index in [0.29, 0.717) is 12.1 Å². The largest absolute Gasteiger partial charge is 0.375 e. The van der Waals surface area contributed by atoms with Crippen molar-refractivity contribution in [2.75, 3.05) is 31.6 Å². The second-order valence-corrected chi connectivity index (χ2v) is 4.82. The molecule has 2 atom stereocenters. The van der Waals surface area contributed by atoms with Crippen LogP contribution in [0.3, 0.4) is 0 Å². The summed E-state index contributed by atoms with van der Waals surface area (Å²) in [5.41, 5.74) is 2.31. The van der Waals surface area contributed by atoms with Crippen LogP contribution in [0.25, 0.3) is 0 Å². The van der Waals surface area contributed by atoms with E-state index in [1.807, 2.05) is 13.2 Å². The smallest absolute Gasteiger partial charge is 0.0722 e. The molecule has 2 rings (SSSR count). The van der Waals surface area contributed by atoms with Gasteiger partial charge in [-0.2, -0.15) is 0 Å². The van der Waals surface area contributed by atoms with Crippen LogP contribution < -0.4 is 10.2 Å². The number of rotatable bonds is 4. The number of hydrogen-bond acceptors (Lipinski definition) is 4. The van der Waals surface area contributed by atoms with Crippen LogP contribution in [0.4, 0.5) is 5.69 Å². The van der Waals surface area contributed by atoms with Crippen molar-refractivity contribution in [3.8, 4) is 0 Å². The van der Waals surface area contributed by atoms with E-state index in [4.69, 9.17) is 4.74 Å². The van der Waals surface area contributed by atoms with Crippen molar-refractivity contribution < 1.29 is 4.74 Å². The highest BCUT2D eigenvalue weighted by Gasteiger charge is 2.17. The van der Waals surface area contributed by atoms with Crippen molar-refractivity contribution in [2.24, 2.45) is 0 Å². The fourth-order valence-electron chi connectivity index (χ4n) is 2.40. The number of nitrogens with zero attached hydrogens (tertiary/aromatic N) is 2. The molecular formula is C14H23N3O. The Kier molecular flexibility index (Phi) is 4.55. The molecule has 4 heteroatoms. The van der Waals surface area contributed by atoms with Crippen molar-refractivity contribution in [3.05, 3.63) is 24.0 Å². The molecule has 2 unspecified atom stereocenters. The quantitative estimate of drug-likeness (QED) is 0.885.